The number of piperidine rings is 1. The van der Waals surface area contributed by atoms with E-state index < -0.39 is 18.4 Å². The fourth-order valence-electron chi connectivity index (χ4n) is 3.84. The van der Waals surface area contributed by atoms with Crippen LogP contribution in [-0.4, -0.2) is 51.6 Å². The van der Waals surface area contributed by atoms with Crippen molar-refractivity contribution in [1.82, 2.24) is 20.1 Å². The number of carbonyl (C=O) groups excluding carboxylic acids is 2. The zero-order valence-electron chi connectivity index (χ0n) is 17.9. The van der Waals surface area contributed by atoms with Crippen LogP contribution in [-0.2, 0) is 4.79 Å². The lowest BCUT2D eigenvalue weighted by Gasteiger charge is -2.32. The second kappa shape index (κ2) is 9.76. The first-order chi connectivity index (χ1) is 15.9. The third kappa shape index (κ3) is 5.33. The predicted octanol–water partition coefficient (Wildman–Crippen LogP) is 3.87. The number of hydrogen-bond donors (Lipinski definition) is 2. The topological polar surface area (TPSA) is 100 Å². The minimum Gasteiger partial charge on any atom is -0.434 e. The molecule has 1 atom stereocenters. The lowest BCUT2D eigenvalue weighted by Crippen LogP contribution is -2.43. The summed E-state index contributed by atoms with van der Waals surface area (Å²) in [6.45, 7) is -0.607. The molecule has 172 valence electrons. The highest BCUT2D eigenvalue weighted by molar-refractivity contribution is 5.98. The van der Waals surface area contributed by atoms with E-state index in [9.17, 15) is 18.4 Å². The zero-order chi connectivity index (χ0) is 23.4. The van der Waals surface area contributed by atoms with Crippen molar-refractivity contribution in [2.75, 3.05) is 18.4 Å². The molecule has 1 aliphatic heterocycles. The van der Waals surface area contributed by atoms with Gasteiger partial charge in [0.2, 0.25) is 5.91 Å². The van der Waals surface area contributed by atoms with Crippen molar-refractivity contribution < 1.29 is 23.1 Å². The van der Waals surface area contributed by atoms with Gasteiger partial charge in [0.05, 0.1) is 11.5 Å². The Labute approximate surface area is 189 Å². The Kier molecular flexibility index (Phi) is 6.62. The molecule has 2 heterocycles. The number of anilines is 1. The van der Waals surface area contributed by atoms with Crippen LogP contribution in [0.3, 0.4) is 0 Å². The highest BCUT2D eigenvalue weighted by Gasteiger charge is 2.30. The first-order valence-electron chi connectivity index (χ1n) is 10.5. The second-order valence-corrected chi connectivity index (χ2v) is 7.78. The molecule has 0 radical (unpaired) electrons. The summed E-state index contributed by atoms with van der Waals surface area (Å²) in [6.07, 6.45) is 1.24. The van der Waals surface area contributed by atoms with Crippen LogP contribution in [0.25, 0.3) is 11.4 Å². The van der Waals surface area contributed by atoms with Gasteiger partial charge in [-0.05, 0) is 44.0 Å². The van der Waals surface area contributed by atoms with Crippen molar-refractivity contribution in [3.8, 4) is 17.1 Å². The van der Waals surface area contributed by atoms with E-state index in [1.807, 2.05) is 6.07 Å². The molecule has 0 aliphatic carbocycles. The van der Waals surface area contributed by atoms with Gasteiger partial charge in [-0.25, -0.2) is 4.98 Å². The molecular formula is C23H23F2N5O3. The summed E-state index contributed by atoms with van der Waals surface area (Å²) >= 11 is 0. The Morgan fingerprint density at radius 2 is 2.03 bits per heavy atom. The second-order valence-electron chi connectivity index (χ2n) is 7.78. The number of nitrogens with zero attached hydrogens (tertiary/aromatic N) is 3. The summed E-state index contributed by atoms with van der Waals surface area (Å²) in [5.41, 5.74) is 1.40. The van der Waals surface area contributed by atoms with Crippen LogP contribution in [0.5, 0.6) is 5.75 Å². The van der Waals surface area contributed by atoms with E-state index in [1.54, 1.807) is 31.2 Å². The Morgan fingerprint density at radius 3 is 2.79 bits per heavy atom. The molecule has 33 heavy (non-hydrogen) atoms. The summed E-state index contributed by atoms with van der Waals surface area (Å²) in [6, 6.07) is 13.1. The van der Waals surface area contributed by atoms with Crippen LogP contribution in [0.4, 0.5) is 14.5 Å². The summed E-state index contributed by atoms with van der Waals surface area (Å²) < 4.78 is 29.9. The molecule has 4 rings (SSSR count). The standard InChI is InChI=1S/C23H23F2N5O3/c1-14-26-20(29-28-14)15-6-4-8-17(12-15)27-21(31)16-7-5-11-30(13-16)22(32)18-9-2-3-10-19(18)33-23(24)25/h2-4,6,8-10,12,16,23H,5,7,11,13H2,1H3,(H,27,31)(H,26,28,29). The van der Waals surface area contributed by atoms with E-state index in [1.165, 1.54) is 23.1 Å². The molecule has 1 aromatic heterocycles. The van der Waals surface area contributed by atoms with Crippen LogP contribution in [0.2, 0.25) is 0 Å². The van der Waals surface area contributed by atoms with Crippen molar-refractivity contribution >= 4 is 17.5 Å². The molecule has 1 aliphatic rings. The number of aryl methyl sites for hydroxylation is 1. The van der Waals surface area contributed by atoms with Crippen LogP contribution in [0, 0.1) is 12.8 Å². The molecule has 0 bridgehead atoms. The van der Waals surface area contributed by atoms with E-state index >= 15 is 0 Å². The summed E-state index contributed by atoms with van der Waals surface area (Å²) in [5.74, 6) is -0.0447. The van der Waals surface area contributed by atoms with Gasteiger partial charge in [0.15, 0.2) is 5.82 Å². The number of ether oxygens (including phenoxy) is 1. The van der Waals surface area contributed by atoms with E-state index in [0.717, 1.165) is 5.56 Å². The number of para-hydroxylation sites is 1. The Hall–Kier alpha value is -3.82. The fraction of sp³-hybridized carbons (Fsp3) is 0.304. The molecule has 2 amide bonds. The SMILES string of the molecule is Cc1nc(-c2cccc(NC(=O)C3CCCN(C(=O)c4ccccc4OC(F)F)C3)c2)n[nH]1. The molecule has 0 spiro atoms. The first kappa shape index (κ1) is 22.4. The van der Waals surface area contributed by atoms with Crippen LogP contribution in [0.1, 0.15) is 29.0 Å². The van der Waals surface area contributed by atoms with Crippen molar-refractivity contribution in [1.29, 1.82) is 0 Å². The maximum atomic E-state index is 13.0. The molecular weight excluding hydrogens is 432 g/mol. The largest absolute Gasteiger partial charge is 0.434 e. The summed E-state index contributed by atoms with van der Waals surface area (Å²) in [4.78, 5) is 31.7. The highest BCUT2D eigenvalue weighted by Crippen LogP contribution is 2.26. The van der Waals surface area contributed by atoms with Gasteiger partial charge < -0.3 is 15.0 Å². The Bertz CT molecular complexity index is 1150. The molecule has 0 saturated carbocycles. The third-order valence-corrected chi connectivity index (χ3v) is 5.40. The smallest absolute Gasteiger partial charge is 0.387 e. The lowest BCUT2D eigenvalue weighted by molar-refractivity contribution is -0.121. The van der Waals surface area contributed by atoms with Crippen LogP contribution >= 0.6 is 0 Å². The molecule has 8 nitrogen and oxygen atoms in total. The van der Waals surface area contributed by atoms with Crippen LogP contribution in [0.15, 0.2) is 48.5 Å². The minimum absolute atomic E-state index is 0.0494. The van der Waals surface area contributed by atoms with Crippen molar-refractivity contribution in [2.45, 2.75) is 26.4 Å². The monoisotopic (exact) mass is 455 g/mol. The molecule has 1 saturated heterocycles. The molecule has 3 aromatic rings. The maximum absolute atomic E-state index is 13.0. The number of benzene rings is 2. The molecule has 2 N–H and O–H groups in total. The van der Waals surface area contributed by atoms with Crippen molar-refractivity contribution in [3.63, 3.8) is 0 Å². The number of aromatic nitrogens is 3. The van der Waals surface area contributed by atoms with Gasteiger partial charge in [-0.2, -0.15) is 13.9 Å². The Morgan fingerprint density at radius 1 is 1.21 bits per heavy atom. The number of amides is 2. The lowest BCUT2D eigenvalue weighted by atomic mass is 9.96. The van der Waals surface area contributed by atoms with Gasteiger partial charge >= 0.3 is 6.61 Å². The number of rotatable bonds is 6. The number of H-pyrrole nitrogens is 1. The van der Waals surface area contributed by atoms with Crippen molar-refractivity contribution in [2.24, 2.45) is 5.92 Å². The number of nitrogens with one attached hydrogen (secondary N) is 2. The summed E-state index contributed by atoms with van der Waals surface area (Å²) in [7, 11) is 0. The maximum Gasteiger partial charge on any atom is 0.387 e. The number of carbonyl (C=O) groups is 2. The highest BCUT2D eigenvalue weighted by atomic mass is 19.3. The Balaban J connectivity index is 1.44. The van der Waals surface area contributed by atoms with Crippen molar-refractivity contribution in [3.05, 3.63) is 59.9 Å². The van der Waals surface area contributed by atoms with Gasteiger partial charge in [-0.3, -0.25) is 14.7 Å². The quantitative estimate of drug-likeness (QED) is 0.588. The van der Waals surface area contributed by atoms with Gasteiger partial charge in [0.25, 0.3) is 5.91 Å². The molecule has 1 fully saturated rings. The third-order valence-electron chi connectivity index (χ3n) is 5.40. The minimum atomic E-state index is -3.03. The number of halogens is 2. The number of likely N-dealkylation sites (tertiary alicyclic amines) is 1. The first-order valence-corrected chi connectivity index (χ1v) is 10.5. The average Bonchev–Trinajstić information content (AvgIpc) is 3.25. The molecule has 1 unspecified atom stereocenters. The normalized spacial score (nSPS) is 16.0. The van der Waals surface area contributed by atoms with Gasteiger partial charge in [-0.15, -0.1) is 0 Å². The molecule has 2 aromatic carbocycles. The van der Waals surface area contributed by atoms with E-state index in [2.05, 4.69) is 25.2 Å². The van der Waals surface area contributed by atoms with E-state index in [4.69, 9.17) is 0 Å². The number of aromatic amines is 1. The van der Waals surface area contributed by atoms with Gasteiger partial charge in [-0.1, -0.05) is 24.3 Å². The van der Waals surface area contributed by atoms with Gasteiger partial charge in [0, 0.05) is 24.3 Å². The molecule has 10 heteroatoms. The predicted molar refractivity (Wildman–Crippen MR) is 117 cm³/mol. The fourth-order valence-corrected chi connectivity index (χ4v) is 3.84. The van der Waals surface area contributed by atoms with Gasteiger partial charge in [0.1, 0.15) is 11.6 Å². The van der Waals surface area contributed by atoms with Crippen LogP contribution < -0.4 is 10.1 Å². The van der Waals surface area contributed by atoms with E-state index in [0.29, 0.717) is 36.7 Å². The zero-order valence-corrected chi connectivity index (χ0v) is 17.9. The number of alkyl halides is 2. The number of hydrogen-bond acceptors (Lipinski definition) is 5. The average molecular weight is 455 g/mol. The summed E-state index contributed by atoms with van der Waals surface area (Å²) in [5, 5.41) is 9.81. The van der Waals surface area contributed by atoms with E-state index in [-0.39, 0.29) is 23.8 Å².